The van der Waals surface area contributed by atoms with Crippen LogP contribution in [0.25, 0.3) is 0 Å². The third-order valence-electron chi connectivity index (χ3n) is 4.61. The van der Waals surface area contributed by atoms with E-state index in [0.29, 0.717) is 17.1 Å². The number of aromatic nitrogens is 2. The van der Waals surface area contributed by atoms with Gasteiger partial charge >= 0.3 is 0 Å². The molecule has 6 nitrogen and oxygen atoms in total. The molecule has 2 aromatic rings. The number of fused-ring (bicyclic) bond motifs is 1. The van der Waals surface area contributed by atoms with Crippen molar-refractivity contribution in [2.24, 2.45) is 0 Å². The molecule has 1 aliphatic heterocycles. The number of aliphatic hydroxyl groups excluding tert-OH is 1. The number of halogens is 1. The number of aliphatic hydroxyl groups is 1. The van der Waals surface area contributed by atoms with Crippen LogP contribution in [0.4, 0.5) is 0 Å². The van der Waals surface area contributed by atoms with E-state index >= 15 is 0 Å². The van der Waals surface area contributed by atoms with Crippen LogP contribution in [-0.2, 0) is 24.4 Å². The fourth-order valence-electron chi connectivity index (χ4n) is 3.14. The van der Waals surface area contributed by atoms with Crippen LogP contribution in [0.2, 0.25) is 5.02 Å². The predicted molar refractivity (Wildman–Crippen MR) is 101 cm³/mol. The maximum absolute atomic E-state index is 12.2. The highest BCUT2D eigenvalue weighted by Gasteiger charge is 2.20. The molecule has 7 heteroatoms. The first kappa shape index (κ1) is 18.9. The molecule has 0 saturated heterocycles. The highest BCUT2D eigenvalue weighted by Crippen LogP contribution is 2.18. The Morgan fingerprint density at radius 2 is 2.23 bits per heavy atom. The van der Waals surface area contributed by atoms with Crippen molar-refractivity contribution in [2.75, 3.05) is 13.1 Å². The predicted octanol–water partition coefficient (Wildman–Crippen LogP) is 2.50. The number of nitrogens with one attached hydrogen (secondary N) is 1. The molecule has 0 bridgehead atoms. The Morgan fingerprint density at radius 3 is 3.00 bits per heavy atom. The molecule has 1 amide bonds. The molecule has 2 N–H and O–H groups in total. The smallest absolute Gasteiger partial charge is 0.253 e. The maximum Gasteiger partial charge on any atom is 0.253 e. The van der Waals surface area contributed by atoms with Gasteiger partial charge in [0.1, 0.15) is 0 Å². The molecule has 1 aromatic carbocycles. The first-order chi connectivity index (χ1) is 12.6. The van der Waals surface area contributed by atoms with Crippen molar-refractivity contribution in [2.45, 2.75) is 45.5 Å². The number of hydrogen-bond donors (Lipinski definition) is 2. The van der Waals surface area contributed by atoms with E-state index in [-0.39, 0.29) is 0 Å². The van der Waals surface area contributed by atoms with E-state index in [2.05, 4.69) is 22.2 Å². The molecule has 0 spiro atoms. The molecule has 1 aromatic heterocycles. The Kier molecular flexibility index (Phi) is 6.29. The summed E-state index contributed by atoms with van der Waals surface area (Å²) in [6.45, 7) is 6.38. The van der Waals surface area contributed by atoms with Crippen LogP contribution >= 0.6 is 11.6 Å². The number of rotatable bonds is 7. The Morgan fingerprint density at radius 1 is 1.38 bits per heavy atom. The van der Waals surface area contributed by atoms with E-state index in [1.54, 1.807) is 24.3 Å². The lowest BCUT2D eigenvalue weighted by Crippen LogP contribution is -2.34. The molecule has 26 heavy (non-hydrogen) atoms. The highest BCUT2D eigenvalue weighted by molar-refractivity contribution is 6.30. The van der Waals surface area contributed by atoms with Gasteiger partial charge in [-0.1, -0.05) is 37.1 Å². The molecular formula is C19H25ClN4O2. The topological polar surface area (TPSA) is 70.4 Å². The fourth-order valence-corrected chi connectivity index (χ4v) is 3.34. The van der Waals surface area contributed by atoms with Gasteiger partial charge in [0.05, 0.1) is 24.5 Å². The monoisotopic (exact) mass is 376 g/mol. The van der Waals surface area contributed by atoms with E-state index in [1.165, 1.54) is 18.5 Å². The molecular weight excluding hydrogens is 352 g/mol. The molecule has 0 saturated carbocycles. The lowest BCUT2D eigenvalue weighted by Gasteiger charge is -2.27. The Labute approximate surface area is 158 Å². The quantitative estimate of drug-likeness (QED) is 0.779. The van der Waals surface area contributed by atoms with Crippen LogP contribution in [0.15, 0.2) is 30.3 Å². The standard InChI is InChI=1S/C19H25ClN4O2/c1-2-3-7-23-8-9-24-17(13-23)11-16(22-24)12-21-19(26)18(25)14-5-4-6-15(20)10-14/h4-6,10-11,18,25H,2-3,7-9,12-13H2,1H3,(H,21,26)/t18-/m1/s1. The van der Waals surface area contributed by atoms with Crippen molar-refractivity contribution in [3.63, 3.8) is 0 Å². The van der Waals surface area contributed by atoms with Crippen molar-refractivity contribution < 1.29 is 9.90 Å². The van der Waals surface area contributed by atoms with E-state index in [1.807, 2.05) is 10.7 Å². The number of carbonyl (C=O) groups excluding carboxylic acids is 1. The van der Waals surface area contributed by atoms with Crippen LogP contribution in [0.5, 0.6) is 0 Å². The van der Waals surface area contributed by atoms with Gasteiger partial charge < -0.3 is 10.4 Å². The van der Waals surface area contributed by atoms with Crippen LogP contribution < -0.4 is 5.32 Å². The first-order valence-corrected chi connectivity index (χ1v) is 9.44. The van der Waals surface area contributed by atoms with Gasteiger partial charge in [0.25, 0.3) is 5.91 Å². The molecule has 0 unspecified atom stereocenters. The van der Waals surface area contributed by atoms with Crippen LogP contribution in [0, 0.1) is 0 Å². The van der Waals surface area contributed by atoms with E-state index in [4.69, 9.17) is 11.6 Å². The van der Waals surface area contributed by atoms with E-state index in [9.17, 15) is 9.90 Å². The highest BCUT2D eigenvalue weighted by atomic mass is 35.5. The maximum atomic E-state index is 12.2. The van der Waals surface area contributed by atoms with Crippen molar-refractivity contribution >= 4 is 17.5 Å². The Bertz CT molecular complexity index is 762. The Hall–Kier alpha value is -1.89. The second kappa shape index (κ2) is 8.66. The largest absolute Gasteiger partial charge is 0.378 e. The second-order valence-corrected chi connectivity index (χ2v) is 7.09. The number of hydrogen-bond acceptors (Lipinski definition) is 4. The van der Waals surface area contributed by atoms with Crippen LogP contribution in [0.3, 0.4) is 0 Å². The molecule has 1 atom stereocenters. The van der Waals surface area contributed by atoms with Crippen molar-refractivity contribution in [1.29, 1.82) is 0 Å². The molecule has 0 fully saturated rings. The average molecular weight is 377 g/mol. The molecule has 2 heterocycles. The minimum Gasteiger partial charge on any atom is -0.378 e. The summed E-state index contributed by atoms with van der Waals surface area (Å²) in [6.07, 6.45) is 1.16. The van der Waals surface area contributed by atoms with Gasteiger partial charge in [0, 0.05) is 18.1 Å². The second-order valence-electron chi connectivity index (χ2n) is 6.66. The minimum atomic E-state index is -1.24. The summed E-state index contributed by atoms with van der Waals surface area (Å²) in [7, 11) is 0. The third-order valence-corrected chi connectivity index (χ3v) is 4.85. The van der Waals surface area contributed by atoms with Gasteiger partial charge in [-0.05, 0) is 36.7 Å². The zero-order valence-corrected chi connectivity index (χ0v) is 15.7. The molecule has 140 valence electrons. The molecule has 0 radical (unpaired) electrons. The lowest BCUT2D eigenvalue weighted by molar-refractivity contribution is -0.129. The lowest BCUT2D eigenvalue weighted by atomic mass is 10.1. The van der Waals surface area contributed by atoms with Gasteiger partial charge in [-0.15, -0.1) is 0 Å². The number of carbonyl (C=O) groups is 1. The van der Waals surface area contributed by atoms with Gasteiger partial charge in [-0.25, -0.2) is 0 Å². The summed E-state index contributed by atoms with van der Waals surface area (Å²) in [5.41, 5.74) is 2.46. The van der Waals surface area contributed by atoms with Gasteiger partial charge in [0.2, 0.25) is 0 Å². The van der Waals surface area contributed by atoms with E-state index < -0.39 is 12.0 Å². The SMILES string of the molecule is CCCCN1CCn2nc(CNC(=O)[C@H](O)c3cccc(Cl)c3)cc2C1. The van der Waals surface area contributed by atoms with Gasteiger partial charge in [0.15, 0.2) is 6.10 Å². The van der Waals surface area contributed by atoms with Crippen LogP contribution in [0.1, 0.15) is 42.8 Å². The summed E-state index contributed by atoms with van der Waals surface area (Å²) in [4.78, 5) is 14.6. The number of nitrogens with zero attached hydrogens (tertiary/aromatic N) is 3. The summed E-state index contributed by atoms with van der Waals surface area (Å²) < 4.78 is 2.01. The number of benzene rings is 1. The zero-order valence-electron chi connectivity index (χ0n) is 15.0. The Balaban J connectivity index is 1.55. The van der Waals surface area contributed by atoms with Crippen molar-refractivity contribution in [1.82, 2.24) is 20.0 Å². The summed E-state index contributed by atoms with van der Waals surface area (Å²) in [5.74, 6) is -0.456. The summed E-state index contributed by atoms with van der Waals surface area (Å²) in [5, 5.41) is 18.0. The molecule has 1 aliphatic rings. The zero-order chi connectivity index (χ0) is 18.5. The number of amides is 1. The first-order valence-electron chi connectivity index (χ1n) is 9.06. The average Bonchev–Trinajstić information content (AvgIpc) is 3.06. The number of unbranched alkanes of at least 4 members (excludes halogenated alkanes) is 1. The van der Waals surface area contributed by atoms with Crippen molar-refractivity contribution in [3.05, 3.63) is 52.3 Å². The molecule has 3 rings (SSSR count). The van der Waals surface area contributed by atoms with Crippen LogP contribution in [-0.4, -0.2) is 38.8 Å². The van der Waals surface area contributed by atoms with Gasteiger partial charge in [-0.2, -0.15) is 5.10 Å². The van der Waals surface area contributed by atoms with Crippen molar-refractivity contribution in [3.8, 4) is 0 Å². The summed E-state index contributed by atoms with van der Waals surface area (Å²) in [6, 6.07) is 8.71. The van der Waals surface area contributed by atoms with Gasteiger partial charge in [-0.3, -0.25) is 14.4 Å². The third kappa shape index (κ3) is 4.63. The van der Waals surface area contributed by atoms with E-state index in [0.717, 1.165) is 31.9 Å². The summed E-state index contributed by atoms with van der Waals surface area (Å²) >= 11 is 5.91. The molecule has 0 aliphatic carbocycles. The minimum absolute atomic E-state index is 0.297. The normalized spacial score (nSPS) is 15.5. The fraction of sp³-hybridized carbons (Fsp3) is 0.474.